The predicted molar refractivity (Wildman–Crippen MR) is 82.7 cm³/mol. The summed E-state index contributed by atoms with van der Waals surface area (Å²) >= 11 is 0. The zero-order valence-corrected chi connectivity index (χ0v) is 12.6. The number of rotatable bonds is 4. The Morgan fingerprint density at radius 2 is 1.71 bits per heavy atom. The maximum absolute atomic E-state index is 12.3. The average molecular weight is 304 g/mol. The second kappa shape index (κ2) is 5.97. The number of amides is 1. The highest BCUT2D eigenvalue weighted by Crippen LogP contribution is 2.23. The summed E-state index contributed by atoms with van der Waals surface area (Å²) in [7, 11) is -3.64. The van der Waals surface area contributed by atoms with Gasteiger partial charge >= 0.3 is 0 Å². The summed E-state index contributed by atoms with van der Waals surface area (Å²) in [6.07, 6.45) is 0. The van der Waals surface area contributed by atoms with Crippen LogP contribution >= 0.6 is 0 Å². The molecular formula is C15H16N2O3S. The number of hydrogen-bond acceptors (Lipinski definition) is 3. The lowest BCUT2D eigenvalue weighted by Crippen LogP contribution is -2.14. The summed E-state index contributed by atoms with van der Waals surface area (Å²) in [5.41, 5.74) is 1.74. The lowest BCUT2D eigenvalue weighted by atomic mass is 10.2. The fraction of sp³-hybridized carbons (Fsp3) is 0.133. The second-order valence-corrected chi connectivity index (χ2v) is 6.31. The molecule has 110 valence electrons. The molecule has 0 heterocycles. The Labute approximate surface area is 124 Å². The second-order valence-electron chi connectivity index (χ2n) is 4.63. The van der Waals surface area contributed by atoms with Crippen LogP contribution in [0.3, 0.4) is 0 Å². The summed E-state index contributed by atoms with van der Waals surface area (Å²) < 4.78 is 27.1. The molecule has 2 aromatic carbocycles. The van der Waals surface area contributed by atoms with E-state index in [2.05, 4.69) is 10.0 Å². The van der Waals surface area contributed by atoms with E-state index >= 15 is 0 Å². The van der Waals surface area contributed by atoms with Crippen molar-refractivity contribution < 1.29 is 13.2 Å². The van der Waals surface area contributed by atoms with Crippen LogP contribution in [0.5, 0.6) is 0 Å². The Balaban J connectivity index is 2.33. The first kappa shape index (κ1) is 15.1. The zero-order valence-electron chi connectivity index (χ0n) is 11.8. The Morgan fingerprint density at radius 1 is 1.05 bits per heavy atom. The fourth-order valence-electron chi connectivity index (χ4n) is 1.82. The summed E-state index contributed by atoms with van der Waals surface area (Å²) in [6, 6.07) is 13.2. The van der Waals surface area contributed by atoms with Crippen molar-refractivity contribution in [2.24, 2.45) is 0 Å². The molecule has 21 heavy (non-hydrogen) atoms. The van der Waals surface area contributed by atoms with E-state index in [1.165, 1.54) is 19.1 Å². The Hall–Kier alpha value is -2.34. The molecule has 0 saturated carbocycles. The molecule has 2 N–H and O–H groups in total. The molecule has 0 saturated heterocycles. The quantitative estimate of drug-likeness (QED) is 0.912. The number of benzene rings is 2. The van der Waals surface area contributed by atoms with E-state index in [-0.39, 0.29) is 10.8 Å². The van der Waals surface area contributed by atoms with Gasteiger partial charge in [-0.1, -0.05) is 24.3 Å². The van der Waals surface area contributed by atoms with E-state index < -0.39 is 10.0 Å². The van der Waals surface area contributed by atoms with Crippen molar-refractivity contribution in [1.82, 2.24) is 0 Å². The maximum Gasteiger partial charge on any atom is 0.261 e. The van der Waals surface area contributed by atoms with Crippen LogP contribution in [-0.4, -0.2) is 14.3 Å². The molecule has 0 fully saturated rings. The summed E-state index contributed by atoms with van der Waals surface area (Å²) in [5, 5.41) is 2.62. The van der Waals surface area contributed by atoms with Gasteiger partial charge < -0.3 is 5.32 Å². The molecule has 0 aliphatic carbocycles. The van der Waals surface area contributed by atoms with Crippen molar-refractivity contribution in [2.45, 2.75) is 18.7 Å². The third-order valence-corrected chi connectivity index (χ3v) is 4.24. The molecule has 0 aromatic heterocycles. The summed E-state index contributed by atoms with van der Waals surface area (Å²) in [6.45, 7) is 3.19. The molecule has 0 unspecified atom stereocenters. The molecule has 2 rings (SSSR count). The normalized spacial score (nSPS) is 11.0. The highest BCUT2D eigenvalue weighted by atomic mass is 32.2. The third kappa shape index (κ3) is 3.82. The number of nitrogens with one attached hydrogen (secondary N) is 2. The van der Waals surface area contributed by atoms with E-state index in [4.69, 9.17) is 0 Å². The minimum atomic E-state index is -3.64. The molecule has 0 bridgehead atoms. The lowest BCUT2D eigenvalue weighted by molar-refractivity contribution is -0.114. The predicted octanol–water partition coefficient (Wildman–Crippen LogP) is 2.75. The van der Waals surface area contributed by atoms with Crippen LogP contribution in [0, 0.1) is 6.92 Å². The number of hydrogen-bond donors (Lipinski definition) is 2. The minimum absolute atomic E-state index is 0.189. The highest BCUT2D eigenvalue weighted by Gasteiger charge is 2.15. The van der Waals surface area contributed by atoms with E-state index in [0.29, 0.717) is 11.4 Å². The largest absolute Gasteiger partial charge is 0.326 e. The number of carbonyl (C=O) groups excluding carboxylic acids is 1. The van der Waals surface area contributed by atoms with E-state index in [0.717, 1.165) is 5.56 Å². The zero-order chi connectivity index (χ0) is 15.5. The van der Waals surface area contributed by atoms with Gasteiger partial charge in [0.2, 0.25) is 5.91 Å². The topological polar surface area (TPSA) is 75.3 Å². The van der Waals surface area contributed by atoms with Gasteiger partial charge in [-0.15, -0.1) is 0 Å². The van der Waals surface area contributed by atoms with Gasteiger partial charge in [-0.25, -0.2) is 8.42 Å². The van der Waals surface area contributed by atoms with E-state index in [1.54, 1.807) is 43.3 Å². The molecule has 0 radical (unpaired) electrons. The third-order valence-electron chi connectivity index (χ3n) is 2.86. The monoisotopic (exact) mass is 304 g/mol. The molecule has 0 aliphatic heterocycles. The number of aryl methyl sites for hydroxylation is 1. The van der Waals surface area contributed by atoms with E-state index in [1.807, 2.05) is 0 Å². The van der Waals surface area contributed by atoms with Crippen LogP contribution in [0.2, 0.25) is 0 Å². The molecule has 6 heteroatoms. The number of sulfonamides is 1. The highest BCUT2D eigenvalue weighted by molar-refractivity contribution is 7.92. The smallest absolute Gasteiger partial charge is 0.261 e. The van der Waals surface area contributed by atoms with Gasteiger partial charge in [0.1, 0.15) is 0 Å². The average Bonchev–Trinajstić information content (AvgIpc) is 2.43. The fourth-order valence-corrected chi connectivity index (χ4v) is 2.96. The molecule has 5 nitrogen and oxygen atoms in total. The van der Waals surface area contributed by atoms with Gasteiger partial charge in [0.15, 0.2) is 0 Å². The van der Waals surface area contributed by atoms with Gasteiger partial charge in [-0.2, -0.15) is 0 Å². The van der Waals surface area contributed by atoms with Gasteiger partial charge in [-0.05, 0) is 36.8 Å². The first-order valence-electron chi connectivity index (χ1n) is 6.34. The Bertz CT molecular complexity index is 756. The molecular weight excluding hydrogens is 288 g/mol. The van der Waals surface area contributed by atoms with Crippen molar-refractivity contribution in [3.8, 4) is 0 Å². The summed E-state index contributed by atoms with van der Waals surface area (Å²) in [4.78, 5) is 11.3. The van der Waals surface area contributed by atoms with E-state index in [9.17, 15) is 13.2 Å². The molecule has 0 spiro atoms. The van der Waals surface area contributed by atoms with Gasteiger partial charge in [0, 0.05) is 12.6 Å². The van der Waals surface area contributed by atoms with Gasteiger partial charge in [0.05, 0.1) is 10.6 Å². The van der Waals surface area contributed by atoms with Crippen LogP contribution in [0.15, 0.2) is 53.4 Å². The molecule has 0 atom stereocenters. The van der Waals surface area contributed by atoms with Crippen LogP contribution in [0.4, 0.5) is 11.4 Å². The molecule has 0 aliphatic rings. The van der Waals surface area contributed by atoms with Gasteiger partial charge in [0.25, 0.3) is 10.0 Å². The first-order chi connectivity index (χ1) is 9.88. The maximum atomic E-state index is 12.3. The number of anilines is 2. The van der Waals surface area contributed by atoms with Crippen molar-refractivity contribution >= 4 is 27.3 Å². The van der Waals surface area contributed by atoms with Crippen LogP contribution in [-0.2, 0) is 14.8 Å². The summed E-state index contributed by atoms with van der Waals surface area (Å²) in [5.74, 6) is -0.212. The van der Waals surface area contributed by atoms with Crippen LogP contribution < -0.4 is 10.0 Å². The Kier molecular flexibility index (Phi) is 4.28. The van der Waals surface area contributed by atoms with Crippen LogP contribution in [0.25, 0.3) is 0 Å². The standard InChI is InChI=1S/C15H16N2O3S/c1-11-8-9-13(16-12(2)18)10-15(11)17-21(19,20)14-6-4-3-5-7-14/h3-10,17H,1-2H3,(H,16,18). The van der Waals surface area contributed by atoms with Crippen LogP contribution in [0.1, 0.15) is 12.5 Å². The first-order valence-corrected chi connectivity index (χ1v) is 7.83. The molecule has 2 aromatic rings. The van der Waals surface area contributed by atoms with Crippen molar-refractivity contribution in [3.05, 3.63) is 54.1 Å². The van der Waals surface area contributed by atoms with Crippen molar-refractivity contribution in [2.75, 3.05) is 10.0 Å². The van der Waals surface area contributed by atoms with Gasteiger partial charge in [-0.3, -0.25) is 9.52 Å². The Morgan fingerprint density at radius 3 is 2.33 bits per heavy atom. The SMILES string of the molecule is CC(=O)Nc1ccc(C)c(NS(=O)(=O)c2ccccc2)c1. The van der Waals surface area contributed by atoms with Crippen molar-refractivity contribution in [1.29, 1.82) is 0 Å². The molecule has 1 amide bonds. The number of carbonyl (C=O) groups is 1. The van der Waals surface area contributed by atoms with Crippen molar-refractivity contribution in [3.63, 3.8) is 0 Å². The minimum Gasteiger partial charge on any atom is -0.326 e. The lowest BCUT2D eigenvalue weighted by Gasteiger charge is -2.12.